The van der Waals surface area contributed by atoms with E-state index in [9.17, 15) is 5.11 Å². The predicted octanol–water partition coefficient (Wildman–Crippen LogP) is 1.20. The average Bonchev–Trinajstić information content (AvgIpc) is 3.20. The van der Waals surface area contributed by atoms with Crippen molar-refractivity contribution in [3.8, 4) is 0 Å². The van der Waals surface area contributed by atoms with Gasteiger partial charge in [-0.15, -0.1) is 5.10 Å². The zero-order chi connectivity index (χ0) is 17.3. The highest BCUT2D eigenvalue weighted by Gasteiger charge is 2.40. The first-order chi connectivity index (χ1) is 11.4. The molecule has 1 saturated heterocycles. The number of rotatable bonds is 6. The van der Waals surface area contributed by atoms with Crippen molar-refractivity contribution in [2.24, 2.45) is 5.92 Å². The van der Waals surface area contributed by atoms with Gasteiger partial charge in [0.2, 0.25) is 0 Å². The van der Waals surface area contributed by atoms with E-state index in [1.54, 1.807) is 11.0 Å². The average molecular weight is 333 g/mol. The minimum absolute atomic E-state index is 0.238. The summed E-state index contributed by atoms with van der Waals surface area (Å²) >= 11 is 0. The van der Waals surface area contributed by atoms with Crippen LogP contribution in [-0.4, -0.2) is 52.9 Å². The molecule has 0 aliphatic carbocycles. The third-order valence-electron chi connectivity index (χ3n) is 4.44. The molecule has 1 fully saturated rings. The molecule has 132 valence electrons. The molecule has 8 nitrogen and oxygen atoms in total. The van der Waals surface area contributed by atoms with Crippen molar-refractivity contribution in [1.82, 2.24) is 34.7 Å². The second kappa shape index (κ2) is 6.60. The number of nitrogens with zero attached hydrogens (tertiary/aromatic N) is 7. The number of likely N-dealkylation sites (tertiary alicyclic amines) is 1. The predicted molar refractivity (Wildman–Crippen MR) is 89.1 cm³/mol. The summed E-state index contributed by atoms with van der Waals surface area (Å²) in [7, 11) is 0. The normalized spacial score (nSPS) is 22.1. The molecule has 0 radical (unpaired) electrons. The Bertz CT molecular complexity index is 678. The molecule has 3 rings (SSSR count). The van der Waals surface area contributed by atoms with Crippen LogP contribution in [0.4, 0.5) is 0 Å². The Kier molecular flexibility index (Phi) is 4.69. The summed E-state index contributed by atoms with van der Waals surface area (Å²) in [5.41, 5.74) is -0.280. The molecule has 2 aromatic heterocycles. The zero-order valence-corrected chi connectivity index (χ0v) is 14.9. The minimum atomic E-state index is -0.934. The minimum Gasteiger partial charge on any atom is -0.382 e. The molecule has 3 heterocycles. The largest absolute Gasteiger partial charge is 0.382 e. The van der Waals surface area contributed by atoms with Crippen LogP contribution in [0.3, 0.4) is 0 Å². The second-order valence-electron chi connectivity index (χ2n) is 7.42. The van der Waals surface area contributed by atoms with E-state index in [4.69, 9.17) is 0 Å². The molecular formula is C16H27N7O. The molecule has 0 amide bonds. The van der Waals surface area contributed by atoms with Gasteiger partial charge in [-0.2, -0.15) is 5.10 Å². The molecule has 1 aliphatic rings. The number of aromatic nitrogens is 6. The lowest BCUT2D eigenvalue weighted by Crippen LogP contribution is -2.31. The maximum absolute atomic E-state index is 11.0. The van der Waals surface area contributed by atoms with Gasteiger partial charge in [0, 0.05) is 25.7 Å². The van der Waals surface area contributed by atoms with E-state index >= 15 is 0 Å². The Labute approximate surface area is 142 Å². The van der Waals surface area contributed by atoms with Gasteiger partial charge >= 0.3 is 0 Å². The van der Waals surface area contributed by atoms with E-state index in [2.05, 4.69) is 39.1 Å². The van der Waals surface area contributed by atoms with Gasteiger partial charge in [0.1, 0.15) is 23.4 Å². The fourth-order valence-corrected chi connectivity index (χ4v) is 3.07. The lowest BCUT2D eigenvalue weighted by atomic mass is 10.00. The molecule has 1 unspecified atom stereocenters. The topological polar surface area (TPSA) is 84.9 Å². The highest BCUT2D eigenvalue weighted by atomic mass is 16.3. The Morgan fingerprint density at radius 3 is 2.75 bits per heavy atom. The van der Waals surface area contributed by atoms with Crippen molar-refractivity contribution >= 4 is 0 Å². The first kappa shape index (κ1) is 17.0. The smallest absolute Gasteiger partial charge is 0.141 e. The molecule has 24 heavy (non-hydrogen) atoms. The zero-order valence-electron chi connectivity index (χ0n) is 14.9. The maximum Gasteiger partial charge on any atom is 0.141 e. The van der Waals surface area contributed by atoms with Crippen molar-refractivity contribution in [1.29, 1.82) is 0 Å². The summed E-state index contributed by atoms with van der Waals surface area (Å²) in [5, 5.41) is 23.6. The molecule has 0 spiro atoms. The Morgan fingerprint density at radius 1 is 1.29 bits per heavy atom. The van der Waals surface area contributed by atoms with Crippen LogP contribution in [0.2, 0.25) is 0 Å². The van der Waals surface area contributed by atoms with E-state index in [-0.39, 0.29) is 6.04 Å². The SMILES string of the molecule is CC(C)Cn1ncnc1CN1CCC(O)(c2cn(C(C)C)nn2)C1. The standard InChI is InChI=1S/C16H27N7O/c1-12(2)7-23-15(17-11-18-23)9-21-6-5-16(24,10-21)14-8-22(13(3)4)20-19-14/h8,11-13,24H,5-7,9-10H2,1-4H3. The molecule has 2 aromatic rings. The van der Waals surface area contributed by atoms with Gasteiger partial charge in [0.25, 0.3) is 0 Å². The Morgan fingerprint density at radius 2 is 2.08 bits per heavy atom. The molecule has 1 atom stereocenters. The number of hydrogen-bond acceptors (Lipinski definition) is 6. The van der Waals surface area contributed by atoms with Crippen LogP contribution in [0.15, 0.2) is 12.5 Å². The fraction of sp³-hybridized carbons (Fsp3) is 0.750. The number of aliphatic hydroxyl groups is 1. The summed E-state index contributed by atoms with van der Waals surface area (Å²) in [4.78, 5) is 6.58. The van der Waals surface area contributed by atoms with Crippen LogP contribution in [0.1, 0.15) is 51.7 Å². The van der Waals surface area contributed by atoms with E-state index in [0.29, 0.717) is 31.1 Å². The molecule has 1 N–H and O–H groups in total. The lowest BCUT2D eigenvalue weighted by Gasteiger charge is -2.21. The third-order valence-corrected chi connectivity index (χ3v) is 4.44. The molecule has 1 aliphatic heterocycles. The van der Waals surface area contributed by atoms with Crippen LogP contribution in [-0.2, 0) is 18.7 Å². The van der Waals surface area contributed by atoms with E-state index < -0.39 is 5.60 Å². The van der Waals surface area contributed by atoms with Gasteiger partial charge in [0.05, 0.1) is 12.7 Å². The summed E-state index contributed by atoms with van der Waals surface area (Å²) in [5.74, 6) is 1.46. The summed E-state index contributed by atoms with van der Waals surface area (Å²) in [6.45, 7) is 11.3. The van der Waals surface area contributed by atoms with Crippen LogP contribution in [0.5, 0.6) is 0 Å². The second-order valence-corrected chi connectivity index (χ2v) is 7.42. The first-order valence-corrected chi connectivity index (χ1v) is 8.61. The van der Waals surface area contributed by atoms with Gasteiger partial charge in [-0.25, -0.2) is 14.3 Å². The van der Waals surface area contributed by atoms with Gasteiger partial charge in [-0.05, 0) is 26.2 Å². The quantitative estimate of drug-likeness (QED) is 0.855. The highest BCUT2D eigenvalue weighted by molar-refractivity contribution is 5.11. The van der Waals surface area contributed by atoms with Gasteiger partial charge in [-0.1, -0.05) is 19.1 Å². The molecule has 0 bridgehead atoms. The molecule has 0 saturated carbocycles. The monoisotopic (exact) mass is 333 g/mol. The van der Waals surface area contributed by atoms with Gasteiger partial charge < -0.3 is 5.11 Å². The Balaban J connectivity index is 1.67. The van der Waals surface area contributed by atoms with Gasteiger partial charge in [0.15, 0.2) is 0 Å². The van der Waals surface area contributed by atoms with Crippen molar-refractivity contribution in [2.45, 2.75) is 58.8 Å². The fourth-order valence-electron chi connectivity index (χ4n) is 3.07. The number of β-amino-alcohol motifs (C(OH)–C–C–N with tert-alkyl or cyclic N) is 1. The summed E-state index contributed by atoms with van der Waals surface area (Å²) in [6, 6.07) is 0.238. The van der Waals surface area contributed by atoms with Crippen LogP contribution in [0, 0.1) is 5.92 Å². The van der Waals surface area contributed by atoms with Crippen molar-refractivity contribution in [3.05, 3.63) is 24.0 Å². The Hall–Kier alpha value is -1.80. The summed E-state index contributed by atoms with van der Waals surface area (Å²) < 4.78 is 3.74. The van der Waals surface area contributed by atoms with Crippen molar-refractivity contribution < 1.29 is 5.11 Å². The van der Waals surface area contributed by atoms with E-state index in [0.717, 1.165) is 18.9 Å². The highest BCUT2D eigenvalue weighted by Crippen LogP contribution is 2.31. The first-order valence-electron chi connectivity index (χ1n) is 8.61. The van der Waals surface area contributed by atoms with Crippen molar-refractivity contribution in [3.63, 3.8) is 0 Å². The van der Waals surface area contributed by atoms with Crippen LogP contribution in [0.25, 0.3) is 0 Å². The van der Waals surface area contributed by atoms with Crippen LogP contribution < -0.4 is 0 Å². The lowest BCUT2D eigenvalue weighted by molar-refractivity contribution is 0.0404. The van der Waals surface area contributed by atoms with Crippen molar-refractivity contribution in [2.75, 3.05) is 13.1 Å². The summed E-state index contributed by atoms with van der Waals surface area (Å²) in [6.07, 6.45) is 4.12. The van der Waals surface area contributed by atoms with E-state index in [1.165, 1.54) is 0 Å². The molecular weight excluding hydrogens is 306 g/mol. The van der Waals surface area contributed by atoms with Crippen LogP contribution >= 0.6 is 0 Å². The maximum atomic E-state index is 11.0. The number of hydrogen-bond donors (Lipinski definition) is 1. The molecule has 8 heteroatoms. The van der Waals surface area contributed by atoms with Gasteiger partial charge in [-0.3, -0.25) is 4.90 Å². The van der Waals surface area contributed by atoms with E-state index in [1.807, 2.05) is 24.7 Å². The molecule has 0 aromatic carbocycles. The third kappa shape index (κ3) is 3.49.